The lowest BCUT2D eigenvalue weighted by Crippen LogP contribution is -2.39. The fourth-order valence-electron chi connectivity index (χ4n) is 4.38. The van der Waals surface area contributed by atoms with E-state index in [0.29, 0.717) is 48.1 Å². The molecular formula is C25H27ClN2O5. The molecule has 2 saturated heterocycles. The lowest BCUT2D eigenvalue weighted by atomic mass is 9.94. The highest BCUT2D eigenvalue weighted by Crippen LogP contribution is 2.42. The van der Waals surface area contributed by atoms with Crippen LogP contribution in [0.15, 0.2) is 54.1 Å². The summed E-state index contributed by atoms with van der Waals surface area (Å²) in [4.78, 5) is 30.1. The van der Waals surface area contributed by atoms with Crippen molar-refractivity contribution in [3.05, 3.63) is 70.3 Å². The number of benzene rings is 2. The van der Waals surface area contributed by atoms with Crippen LogP contribution in [0, 0.1) is 0 Å². The molecule has 0 saturated carbocycles. The number of halogens is 1. The van der Waals surface area contributed by atoms with Crippen molar-refractivity contribution in [1.29, 1.82) is 0 Å². The highest BCUT2D eigenvalue weighted by molar-refractivity contribution is 6.46. The van der Waals surface area contributed by atoms with Crippen molar-refractivity contribution in [3.8, 4) is 5.75 Å². The van der Waals surface area contributed by atoms with E-state index in [1.807, 2.05) is 18.2 Å². The van der Waals surface area contributed by atoms with Crippen LogP contribution < -0.4 is 4.74 Å². The Morgan fingerprint density at radius 1 is 1.09 bits per heavy atom. The van der Waals surface area contributed by atoms with Crippen LogP contribution in [-0.4, -0.2) is 73.1 Å². The quantitative estimate of drug-likeness (QED) is 0.379. The van der Waals surface area contributed by atoms with Crippen molar-refractivity contribution < 1.29 is 24.2 Å². The average Bonchev–Trinajstić information content (AvgIpc) is 3.09. The van der Waals surface area contributed by atoms with Gasteiger partial charge in [0.25, 0.3) is 11.7 Å². The molecule has 2 fully saturated rings. The van der Waals surface area contributed by atoms with Crippen LogP contribution in [0.5, 0.6) is 5.75 Å². The minimum atomic E-state index is -0.749. The van der Waals surface area contributed by atoms with Gasteiger partial charge in [-0.15, -0.1) is 0 Å². The summed E-state index contributed by atoms with van der Waals surface area (Å²) < 4.78 is 10.9. The molecule has 0 aliphatic carbocycles. The van der Waals surface area contributed by atoms with Gasteiger partial charge in [0.2, 0.25) is 0 Å². The van der Waals surface area contributed by atoms with Crippen molar-refractivity contribution in [2.75, 3.05) is 46.5 Å². The van der Waals surface area contributed by atoms with Gasteiger partial charge in [0.15, 0.2) is 0 Å². The number of Topliss-reactive ketones (excluding diaryl/α,β-unsaturated/α-hetero) is 1. The lowest BCUT2D eigenvalue weighted by Gasteiger charge is -2.29. The predicted octanol–water partition coefficient (Wildman–Crippen LogP) is 3.49. The van der Waals surface area contributed by atoms with Gasteiger partial charge in [-0.3, -0.25) is 14.5 Å². The van der Waals surface area contributed by atoms with Crippen LogP contribution in [0.3, 0.4) is 0 Å². The second kappa shape index (κ2) is 10.4. The fraction of sp³-hybridized carbons (Fsp3) is 0.360. The number of hydrogen-bond acceptors (Lipinski definition) is 6. The second-order valence-corrected chi connectivity index (χ2v) is 8.49. The van der Waals surface area contributed by atoms with Gasteiger partial charge >= 0.3 is 0 Å². The monoisotopic (exact) mass is 470 g/mol. The lowest BCUT2D eigenvalue weighted by molar-refractivity contribution is -0.140. The van der Waals surface area contributed by atoms with E-state index in [1.54, 1.807) is 42.3 Å². The number of ether oxygens (including phenoxy) is 2. The summed E-state index contributed by atoms with van der Waals surface area (Å²) in [5.41, 5.74) is 1.13. The number of aliphatic hydroxyl groups is 1. The van der Waals surface area contributed by atoms with Gasteiger partial charge < -0.3 is 19.5 Å². The summed E-state index contributed by atoms with van der Waals surface area (Å²) in [7, 11) is 1.54. The van der Waals surface area contributed by atoms with E-state index in [4.69, 9.17) is 21.1 Å². The number of rotatable bonds is 7. The van der Waals surface area contributed by atoms with Gasteiger partial charge in [-0.25, -0.2) is 0 Å². The summed E-state index contributed by atoms with van der Waals surface area (Å²) in [5.74, 6) is -1.01. The molecule has 0 bridgehead atoms. The first kappa shape index (κ1) is 23.3. The maximum atomic E-state index is 13.1. The third-order valence-corrected chi connectivity index (χ3v) is 6.32. The third kappa shape index (κ3) is 4.90. The molecule has 1 amide bonds. The van der Waals surface area contributed by atoms with Gasteiger partial charge in [-0.05, 0) is 36.8 Å². The number of nitrogens with zero attached hydrogens (tertiary/aromatic N) is 2. The molecule has 2 aliphatic rings. The molecule has 0 radical (unpaired) electrons. The Bertz CT molecular complexity index is 1050. The van der Waals surface area contributed by atoms with Gasteiger partial charge in [-0.2, -0.15) is 0 Å². The predicted molar refractivity (Wildman–Crippen MR) is 125 cm³/mol. The molecule has 8 heteroatoms. The Labute approximate surface area is 198 Å². The first-order valence-electron chi connectivity index (χ1n) is 11.0. The number of ketones is 1. The Morgan fingerprint density at radius 2 is 1.79 bits per heavy atom. The normalized spacial score (nSPS) is 20.9. The van der Waals surface area contributed by atoms with Gasteiger partial charge in [0.05, 0.1) is 31.9 Å². The topological polar surface area (TPSA) is 79.3 Å². The summed E-state index contributed by atoms with van der Waals surface area (Å²) in [6.07, 6.45) is 0.694. The van der Waals surface area contributed by atoms with Gasteiger partial charge in [0, 0.05) is 42.3 Å². The summed E-state index contributed by atoms with van der Waals surface area (Å²) in [6, 6.07) is 13.0. The standard InChI is InChI=1S/C25H27ClN2O5/c1-32-20-6-3-2-5-19(20)22-21(23(29)17-7-9-18(26)10-8-17)24(30)25(31)28(22)12-4-11-27-13-15-33-16-14-27/h2-3,5-10,22,29H,4,11-16H2,1H3/b23-21+/t22-/m1/s1. The average molecular weight is 471 g/mol. The highest BCUT2D eigenvalue weighted by Gasteiger charge is 2.46. The molecule has 1 N–H and O–H groups in total. The minimum Gasteiger partial charge on any atom is -0.507 e. The maximum absolute atomic E-state index is 13.1. The number of likely N-dealkylation sites (tertiary alicyclic amines) is 1. The van der Waals surface area contributed by atoms with Crippen LogP contribution >= 0.6 is 11.6 Å². The molecule has 7 nitrogen and oxygen atoms in total. The second-order valence-electron chi connectivity index (χ2n) is 8.05. The number of aliphatic hydroxyl groups excluding tert-OH is 1. The molecule has 2 heterocycles. The zero-order valence-corrected chi connectivity index (χ0v) is 19.3. The number of amides is 1. The maximum Gasteiger partial charge on any atom is 0.295 e. The zero-order valence-electron chi connectivity index (χ0n) is 18.5. The van der Waals surface area contributed by atoms with Crippen LogP contribution in [-0.2, 0) is 14.3 Å². The Kier molecular flexibility index (Phi) is 7.33. The first-order valence-corrected chi connectivity index (χ1v) is 11.4. The van der Waals surface area contributed by atoms with Crippen molar-refractivity contribution in [1.82, 2.24) is 9.80 Å². The van der Waals surface area contributed by atoms with Crippen molar-refractivity contribution in [2.24, 2.45) is 0 Å². The SMILES string of the molecule is COc1ccccc1[C@@H]1/C(=C(\O)c2ccc(Cl)cc2)C(=O)C(=O)N1CCCN1CCOCC1. The molecule has 2 aliphatic heterocycles. The number of para-hydroxylation sites is 1. The molecule has 2 aromatic carbocycles. The number of carbonyl (C=O) groups excluding carboxylic acids is 2. The smallest absolute Gasteiger partial charge is 0.295 e. The highest BCUT2D eigenvalue weighted by atomic mass is 35.5. The molecule has 2 aromatic rings. The van der Waals surface area contributed by atoms with E-state index in [2.05, 4.69) is 4.90 Å². The number of methoxy groups -OCH3 is 1. The molecule has 0 unspecified atom stereocenters. The molecule has 33 heavy (non-hydrogen) atoms. The molecule has 0 aromatic heterocycles. The van der Waals surface area contributed by atoms with Crippen LogP contribution in [0.4, 0.5) is 0 Å². The number of carbonyl (C=O) groups is 2. The van der Waals surface area contributed by atoms with E-state index in [-0.39, 0.29) is 11.3 Å². The van der Waals surface area contributed by atoms with Crippen molar-refractivity contribution in [2.45, 2.75) is 12.5 Å². The van der Waals surface area contributed by atoms with Gasteiger partial charge in [0.1, 0.15) is 11.5 Å². The molecule has 0 spiro atoms. The van der Waals surface area contributed by atoms with E-state index < -0.39 is 17.7 Å². The minimum absolute atomic E-state index is 0.0539. The number of morpholine rings is 1. The fourth-order valence-corrected chi connectivity index (χ4v) is 4.50. The molecule has 174 valence electrons. The van der Waals surface area contributed by atoms with Crippen molar-refractivity contribution >= 4 is 29.1 Å². The van der Waals surface area contributed by atoms with Gasteiger partial charge in [-0.1, -0.05) is 29.8 Å². The number of hydrogen-bond donors (Lipinski definition) is 1. The molecular weight excluding hydrogens is 444 g/mol. The third-order valence-electron chi connectivity index (χ3n) is 6.07. The Hall–Kier alpha value is -2.87. The van der Waals surface area contributed by atoms with Crippen LogP contribution in [0.2, 0.25) is 5.02 Å². The summed E-state index contributed by atoms with van der Waals surface area (Å²) in [5, 5.41) is 11.6. The zero-order chi connectivity index (χ0) is 23.4. The van der Waals surface area contributed by atoms with Crippen molar-refractivity contribution in [3.63, 3.8) is 0 Å². The van der Waals surface area contributed by atoms with E-state index in [0.717, 1.165) is 19.6 Å². The summed E-state index contributed by atoms with van der Waals surface area (Å²) >= 11 is 5.98. The van der Waals surface area contributed by atoms with Crippen LogP contribution in [0.1, 0.15) is 23.6 Å². The Morgan fingerprint density at radius 3 is 2.48 bits per heavy atom. The van der Waals surface area contributed by atoms with E-state index >= 15 is 0 Å². The van der Waals surface area contributed by atoms with E-state index in [9.17, 15) is 14.7 Å². The first-order chi connectivity index (χ1) is 16.0. The Balaban J connectivity index is 1.70. The molecule has 4 rings (SSSR count). The summed E-state index contributed by atoms with van der Waals surface area (Å²) in [6.45, 7) is 4.28. The molecule has 1 atom stereocenters. The van der Waals surface area contributed by atoms with E-state index in [1.165, 1.54) is 0 Å². The largest absolute Gasteiger partial charge is 0.507 e. The van der Waals surface area contributed by atoms with Crippen LogP contribution in [0.25, 0.3) is 5.76 Å².